The first kappa shape index (κ1) is 13.1. The summed E-state index contributed by atoms with van der Waals surface area (Å²) in [5.74, 6) is 0.416. The Balaban J connectivity index is 2.36. The predicted octanol–water partition coefficient (Wildman–Crippen LogP) is 3.47. The van der Waals surface area contributed by atoms with E-state index >= 15 is 0 Å². The summed E-state index contributed by atoms with van der Waals surface area (Å²) in [5, 5.41) is 0.548. The monoisotopic (exact) mass is 379 g/mol. The Morgan fingerprint density at radius 1 is 1.25 bits per heavy atom. The zero-order chi connectivity index (χ0) is 14.1. The summed E-state index contributed by atoms with van der Waals surface area (Å²) >= 11 is 2.15. The van der Waals surface area contributed by atoms with E-state index in [0.717, 1.165) is 3.57 Å². The van der Waals surface area contributed by atoms with Crippen LogP contribution in [0.4, 0.5) is 0 Å². The minimum atomic E-state index is -0.0870. The quantitative estimate of drug-likeness (QED) is 0.640. The third-order valence-electron chi connectivity index (χ3n) is 3.01. The number of rotatable bonds is 2. The molecule has 0 amide bonds. The molecule has 20 heavy (non-hydrogen) atoms. The molecule has 1 aromatic carbocycles. The van der Waals surface area contributed by atoms with Gasteiger partial charge in [-0.05, 0) is 40.8 Å². The van der Waals surface area contributed by atoms with Gasteiger partial charge in [-0.15, -0.1) is 0 Å². The van der Waals surface area contributed by atoms with Crippen molar-refractivity contribution < 1.29 is 9.15 Å². The van der Waals surface area contributed by atoms with E-state index in [-0.39, 0.29) is 5.43 Å². The summed E-state index contributed by atoms with van der Waals surface area (Å²) < 4.78 is 11.7. The fraction of sp³-hybridized carbons (Fsp3) is 0.0667. The minimum Gasteiger partial charge on any atom is -0.481 e. The second kappa shape index (κ2) is 5.24. The second-order valence-corrected chi connectivity index (χ2v) is 5.31. The molecular formula is C15H10INO3. The fourth-order valence-corrected chi connectivity index (χ4v) is 2.75. The zero-order valence-electron chi connectivity index (χ0n) is 10.6. The van der Waals surface area contributed by atoms with Gasteiger partial charge in [-0.1, -0.05) is 12.1 Å². The lowest BCUT2D eigenvalue weighted by Gasteiger charge is -2.09. The van der Waals surface area contributed by atoms with Crippen molar-refractivity contribution in [1.29, 1.82) is 0 Å². The van der Waals surface area contributed by atoms with Crippen molar-refractivity contribution in [3.8, 4) is 17.0 Å². The molecule has 0 fully saturated rings. The molecule has 5 heteroatoms. The molecule has 0 bridgehead atoms. The van der Waals surface area contributed by atoms with Crippen molar-refractivity contribution in [2.75, 3.05) is 7.11 Å². The Morgan fingerprint density at radius 3 is 2.85 bits per heavy atom. The highest BCUT2D eigenvalue weighted by molar-refractivity contribution is 14.1. The molecule has 0 radical (unpaired) electrons. The number of hydrogen-bond donors (Lipinski definition) is 0. The molecule has 0 unspecified atom stereocenters. The van der Waals surface area contributed by atoms with Crippen LogP contribution in [-0.2, 0) is 0 Å². The van der Waals surface area contributed by atoms with E-state index in [4.69, 9.17) is 9.15 Å². The smallest absolute Gasteiger partial charge is 0.222 e. The van der Waals surface area contributed by atoms with E-state index in [0.29, 0.717) is 28.0 Å². The summed E-state index contributed by atoms with van der Waals surface area (Å²) in [6.45, 7) is 0. The molecule has 0 aliphatic heterocycles. The van der Waals surface area contributed by atoms with Crippen LogP contribution in [0.2, 0.25) is 0 Å². The molecule has 0 N–H and O–H groups in total. The Labute approximate surface area is 128 Å². The molecule has 0 aliphatic rings. The molecule has 2 heterocycles. The number of aromatic nitrogens is 1. The average molecular weight is 379 g/mol. The number of hydrogen-bond acceptors (Lipinski definition) is 4. The van der Waals surface area contributed by atoms with Crippen LogP contribution in [0.5, 0.6) is 5.88 Å². The van der Waals surface area contributed by atoms with Gasteiger partial charge >= 0.3 is 0 Å². The first-order valence-corrected chi connectivity index (χ1v) is 6.99. The number of benzene rings is 1. The van der Waals surface area contributed by atoms with Gasteiger partial charge in [0.2, 0.25) is 11.3 Å². The van der Waals surface area contributed by atoms with Crippen molar-refractivity contribution in [3.63, 3.8) is 0 Å². The summed E-state index contributed by atoms with van der Waals surface area (Å²) in [4.78, 5) is 16.8. The van der Waals surface area contributed by atoms with Crippen molar-refractivity contribution in [3.05, 3.63) is 56.6 Å². The van der Waals surface area contributed by atoms with E-state index in [1.165, 1.54) is 13.4 Å². The van der Waals surface area contributed by atoms with E-state index in [1.807, 2.05) is 18.2 Å². The lowest BCUT2D eigenvalue weighted by molar-refractivity contribution is 0.399. The van der Waals surface area contributed by atoms with Crippen LogP contribution in [0.3, 0.4) is 0 Å². The molecule has 0 spiro atoms. The summed E-state index contributed by atoms with van der Waals surface area (Å²) in [5.41, 5.74) is 1.60. The van der Waals surface area contributed by atoms with Crippen molar-refractivity contribution >= 4 is 33.6 Å². The molecule has 2 aromatic heterocycles. The standard InChI is InChI=1S/C15H10INO3/c1-19-15-13(11(16)6-7-17-15)10-8-20-12-5-3-2-4-9(12)14(10)18/h2-8H,1H3. The maximum atomic E-state index is 12.6. The van der Waals surface area contributed by atoms with Crippen molar-refractivity contribution in [1.82, 2.24) is 4.98 Å². The van der Waals surface area contributed by atoms with Crippen molar-refractivity contribution in [2.45, 2.75) is 0 Å². The Morgan fingerprint density at radius 2 is 2.05 bits per heavy atom. The van der Waals surface area contributed by atoms with Gasteiger partial charge in [0, 0.05) is 9.77 Å². The maximum Gasteiger partial charge on any atom is 0.222 e. The lowest BCUT2D eigenvalue weighted by Crippen LogP contribution is -2.07. The Bertz CT molecular complexity index is 842. The zero-order valence-corrected chi connectivity index (χ0v) is 12.7. The second-order valence-electron chi connectivity index (χ2n) is 4.15. The van der Waals surface area contributed by atoms with Gasteiger partial charge in [0.1, 0.15) is 11.8 Å². The fourth-order valence-electron chi connectivity index (χ4n) is 2.07. The van der Waals surface area contributed by atoms with Crippen LogP contribution in [0.1, 0.15) is 0 Å². The predicted molar refractivity (Wildman–Crippen MR) is 85.0 cm³/mol. The van der Waals surface area contributed by atoms with Crippen LogP contribution in [0, 0.1) is 3.57 Å². The number of para-hydroxylation sites is 1. The van der Waals surface area contributed by atoms with E-state index in [2.05, 4.69) is 27.6 Å². The van der Waals surface area contributed by atoms with Crippen LogP contribution in [0.25, 0.3) is 22.1 Å². The molecule has 0 atom stereocenters. The highest BCUT2D eigenvalue weighted by Crippen LogP contribution is 2.31. The number of nitrogens with zero attached hydrogens (tertiary/aromatic N) is 1. The van der Waals surface area contributed by atoms with E-state index in [9.17, 15) is 4.79 Å². The van der Waals surface area contributed by atoms with Gasteiger partial charge in [0.25, 0.3) is 0 Å². The molecule has 0 saturated carbocycles. The largest absolute Gasteiger partial charge is 0.481 e. The summed E-state index contributed by atoms with van der Waals surface area (Å²) in [6, 6.07) is 8.99. The minimum absolute atomic E-state index is 0.0870. The first-order chi connectivity index (χ1) is 9.72. The van der Waals surface area contributed by atoms with E-state index in [1.54, 1.807) is 18.3 Å². The number of pyridine rings is 1. The number of methoxy groups -OCH3 is 1. The summed E-state index contributed by atoms with van der Waals surface area (Å²) in [7, 11) is 1.53. The van der Waals surface area contributed by atoms with Gasteiger partial charge in [-0.25, -0.2) is 4.98 Å². The van der Waals surface area contributed by atoms with Crippen LogP contribution in [0.15, 0.2) is 52.0 Å². The molecule has 0 saturated heterocycles. The normalized spacial score (nSPS) is 10.7. The topological polar surface area (TPSA) is 52.3 Å². The van der Waals surface area contributed by atoms with Gasteiger partial charge < -0.3 is 9.15 Å². The average Bonchev–Trinajstić information content (AvgIpc) is 2.48. The van der Waals surface area contributed by atoms with Crippen LogP contribution in [-0.4, -0.2) is 12.1 Å². The van der Waals surface area contributed by atoms with Gasteiger partial charge in [-0.3, -0.25) is 4.79 Å². The van der Waals surface area contributed by atoms with Crippen LogP contribution >= 0.6 is 22.6 Å². The SMILES string of the molecule is COc1nccc(I)c1-c1coc2ccccc2c1=O. The summed E-state index contributed by atoms with van der Waals surface area (Å²) in [6.07, 6.45) is 3.11. The lowest BCUT2D eigenvalue weighted by atomic mass is 10.1. The molecule has 0 aliphatic carbocycles. The Hall–Kier alpha value is -1.89. The Kier molecular flexibility index (Phi) is 3.43. The molecule has 100 valence electrons. The number of halogens is 1. The molecule has 3 rings (SSSR count). The van der Waals surface area contributed by atoms with Gasteiger partial charge in [-0.2, -0.15) is 0 Å². The van der Waals surface area contributed by atoms with Crippen LogP contribution < -0.4 is 10.2 Å². The third-order valence-corrected chi connectivity index (χ3v) is 3.91. The van der Waals surface area contributed by atoms with Crippen molar-refractivity contribution in [2.24, 2.45) is 0 Å². The number of fused-ring (bicyclic) bond motifs is 1. The maximum absolute atomic E-state index is 12.6. The van der Waals surface area contributed by atoms with Gasteiger partial charge in [0.15, 0.2) is 0 Å². The van der Waals surface area contributed by atoms with Gasteiger partial charge in [0.05, 0.1) is 23.6 Å². The molecule has 4 nitrogen and oxygen atoms in total. The first-order valence-electron chi connectivity index (χ1n) is 5.92. The van der Waals surface area contributed by atoms with E-state index < -0.39 is 0 Å². The highest BCUT2D eigenvalue weighted by Gasteiger charge is 2.16. The number of ether oxygens (including phenoxy) is 1. The molecule has 3 aromatic rings. The third kappa shape index (κ3) is 2.07. The molecular weight excluding hydrogens is 369 g/mol. The highest BCUT2D eigenvalue weighted by atomic mass is 127.